The van der Waals surface area contributed by atoms with Gasteiger partial charge < -0.3 is 9.16 Å². The summed E-state index contributed by atoms with van der Waals surface area (Å²) in [5.74, 6) is -0.399. The molecule has 0 bridgehead atoms. The molecule has 0 spiro atoms. The molecule has 0 atom stereocenters. The monoisotopic (exact) mass is 242 g/mol. The first-order valence-electron chi connectivity index (χ1n) is 5.33. The maximum Gasteiger partial charge on any atom is 0.338 e. The maximum atomic E-state index is 10.7. The Morgan fingerprint density at radius 1 is 1.38 bits per heavy atom. The van der Waals surface area contributed by atoms with E-state index in [1.165, 1.54) is 13.2 Å². The van der Waals surface area contributed by atoms with E-state index in [1.807, 2.05) is 0 Å². The topological polar surface area (TPSA) is 35.5 Å². The van der Waals surface area contributed by atoms with Gasteiger partial charge in [0.15, 0.2) is 8.32 Å². The van der Waals surface area contributed by atoms with E-state index in [1.54, 1.807) is 6.08 Å². The summed E-state index contributed by atoms with van der Waals surface area (Å²) < 4.78 is 10.3. The van der Waals surface area contributed by atoms with Crippen LogP contribution in [0.15, 0.2) is 17.9 Å². The Hall–Kier alpha value is -0.833. The van der Waals surface area contributed by atoms with Gasteiger partial charge in [0.05, 0.1) is 19.8 Å². The third-order valence-corrected chi connectivity index (χ3v) is 7.35. The van der Waals surface area contributed by atoms with Gasteiger partial charge in [0, 0.05) is 0 Å². The lowest BCUT2D eigenvalue weighted by Crippen LogP contribution is -2.40. The number of ether oxygens (including phenoxy) is 1. The summed E-state index contributed by atoms with van der Waals surface area (Å²) >= 11 is 0. The van der Waals surface area contributed by atoms with Crippen LogP contribution in [0.3, 0.4) is 0 Å². The Kier molecular flexibility index (Phi) is 5.72. The van der Waals surface area contributed by atoms with Gasteiger partial charge in [0.25, 0.3) is 0 Å². The van der Waals surface area contributed by atoms with E-state index < -0.39 is 14.3 Å². The molecule has 0 aromatic carbocycles. The highest BCUT2D eigenvalue weighted by Crippen LogP contribution is 2.36. The molecule has 0 unspecified atom stereocenters. The molecule has 0 rings (SSSR count). The van der Waals surface area contributed by atoms with Gasteiger partial charge >= 0.3 is 5.97 Å². The molecule has 0 saturated heterocycles. The van der Waals surface area contributed by atoms with Crippen molar-refractivity contribution in [2.75, 3.05) is 13.7 Å². The quantitative estimate of drug-likeness (QED) is 0.329. The summed E-state index contributed by atoms with van der Waals surface area (Å²) in [6.45, 7) is 11.4. The third kappa shape index (κ3) is 5.31. The minimum absolute atomic E-state index is 0.201. The number of hydrogen-bond donors (Lipinski definition) is 0. The van der Waals surface area contributed by atoms with Crippen LogP contribution in [0.5, 0.6) is 0 Å². The van der Waals surface area contributed by atoms with E-state index in [0.717, 1.165) is 0 Å². The van der Waals surface area contributed by atoms with Gasteiger partial charge in [-0.3, -0.25) is 0 Å². The van der Waals surface area contributed by atoms with Crippen LogP contribution in [0.1, 0.15) is 20.8 Å². The molecule has 0 N–H and O–H groups in total. The molecular weight excluding hydrogens is 220 g/mol. The zero-order valence-electron chi connectivity index (χ0n) is 11.1. The molecule has 0 aliphatic carbocycles. The molecule has 0 heterocycles. The first-order chi connectivity index (χ1) is 7.20. The largest absolute Gasteiger partial charge is 0.465 e. The van der Waals surface area contributed by atoms with Crippen molar-refractivity contribution in [3.63, 3.8) is 0 Å². The molecule has 92 valence electrons. The molecule has 0 aliphatic rings. The van der Waals surface area contributed by atoms with Gasteiger partial charge in [-0.1, -0.05) is 20.8 Å². The lowest BCUT2D eigenvalue weighted by atomic mass is 10.2. The van der Waals surface area contributed by atoms with Gasteiger partial charge in [-0.25, -0.2) is 4.79 Å². The first kappa shape index (κ1) is 15.2. The Morgan fingerprint density at radius 3 is 2.38 bits per heavy atom. The Labute approximate surface area is 99.3 Å². The number of carbonyl (C=O) groups is 1. The highest BCUT2D eigenvalue weighted by molar-refractivity contribution is 6.74. The Balaban J connectivity index is 4.18. The molecule has 4 heteroatoms. The van der Waals surface area contributed by atoms with Crippen LogP contribution in [-0.4, -0.2) is 28.0 Å². The predicted molar refractivity (Wildman–Crippen MR) is 67.8 cm³/mol. The van der Waals surface area contributed by atoms with E-state index in [-0.39, 0.29) is 5.04 Å². The van der Waals surface area contributed by atoms with Crippen LogP contribution < -0.4 is 0 Å². The number of methoxy groups -OCH3 is 1. The molecular formula is C12H22O3Si. The molecule has 0 aromatic heterocycles. The van der Waals surface area contributed by atoms with Gasteiger partial charge in [-0.15, -0.1) is 5.73 Å². The van der Waals surface area contributed by atoms with E-state index >= 15 is 0 Å². The van der Waals surface area contributed by atoms with Crippen molar-refractivity contribution in [1.82, 2.24) is 0 Å². The molecule has 0 saturated carbocycles. The molecule has 16 heavy (non-hydrogen) atoms. The zero-order valence-corrected chi connectivity index (χ0v) is 12.1. The minimum atomic E-state index is -1.69. The number of esters is 1. The van der Waals surface area contributed by atoms with E-state index in [9.17, 15) is 4.79 Å². The van der Waals surface area contributed by atoms with Crippen LogP contribution in [0, 0.1) is 0 Å². The molecule has 3 nitrogen and oxygen atoms in total. The van der Waals surface area contributed by atoms with E-state index in [2.05, 4.69) is 44.3 Å². The highest BCUT2D eigenvalue weighted by Gasteiger charge is 2.36. The van der Waals surface area contributed by atoms with Gasteiger partial charge in [0.1, 0.15) is 0 Å². The molecule has 0 aliphatic heterocycles. The van der Waals surface area contributed by atoms with Gasteiger partial charge in [-0.05, 0) is 24.2 Å². The van der Waals surface area contributed by atoms with Crippen LogP contribution >= 0.6 is 0 Å². The highest BCUT2D eigenvalue weighted by atomic mass is 28.4. The van der Waals surface area contributed by atoms with Crippen molar-refractivity contribution in [2.24, 2.45) is 0 Å². The van der Waals surface area contributed by atoms with Gasteiger partial charge in [-0.2, -0.15) is 0 Å². The smallest absolute Gasteiger partial charge is 0.338 e. The fourth-order valence-corrected chi connectivity index (χ4v) is 1.63. The minimum Gasteiger partial charge on any atom is -0.465 e. The van der Waals surface area contributed by atoms with Crippen molar-refractivity contribution < 1.29 is 14.0 Å². The summed E-state index contributed by atoms with van der Waals surface area (Å²) in [6.07, 6.45) is 2.96. The van der Waals surface area contributed by atoms with Crippen molar-refractivity contribution >= 4 is 14.3 Å². The Morgan fingerprint density at radius 2 is 1.94 bits per heavy atom. The number of rotatable bonds is 4. The number of carbonyl (C=O) groups excluding carboxylic acids is 1. The van der Waals surface area contributed by atoms with Crippen molar-refractivity contribution in [1.29, 1.82) is 0 Å². The average molecular weight is 242 g/mol. The summed E-state index contributed by atoms with van der Waals surface area (Å²) in [7, 11) is -0.352. The molecule has 0 radical (unpaired) electrons. The molecule has 0 amide bonds. The second-order valence-electron chi connectivity index (χ2n) is 5.11. The first-order valence-corrected chi connectivity index (χ1v) is 8.24. The zero-order chi connectivity index (χ0) is 12.8. The molecule has 0 fully saturated rings. The third-order valence-electron chi connectivity index (χ3n) is 2.85. The van der Waals surface area contributed by atoms with Crippen LogP contribution in [0.25, 0.3) is 0 Å². The summed E-state index contributed by atoms with van der Waals surface area (Å²) in [6, 6.07) is 0. The lowest BCUT2D eigenvalue weighted by molar-refractivity contribution is -0.134. The van der Waals surface area contributed by atoms with E-state index in [4.69, 9.17) is 4.43 Å². The van der Waals surface area contributed by atoms with Crippen molar-refractivity contribution in [3.8, 4) is 0 Å². The van der Waals surface area contributed by atoms with Crippen LogP contribution in [0.4, 0.5) is 0 Å². The Bertz CT molecular complexity index is 294. The number of hydrogen-bond acceptors (Lipinski definition) is 3. The lowest BCUT2D eigenvalue weighted by Gasteiger charge is -2.35. The van der Waals surface area contributed by atoms with Crippen molar-refractivity contribution in [2.45, 2.75) is 38.9 Å². The fraction of sp³-hybridized carbons (Fsp3) is 0.667. The predicted octanol–water partition coefficient (Wildman–Crippen LogP) is 2.89. The molecule has 0 aromatic rings. The van der Waals surface area contributed by atoms with Gasteiger partial charge in [0.2, 0.25) is 0 Å². The normalized spacial score (nSPS) is 11.6. The van der Waals surface area contributed by atoms with Crippen molar-refractivity contribution in [3.05, 3.63) is 17.9 Å². The van der Waals surface area contributed by atoms with Crippen LogP contribution in [0.2, 0.25) is 18.1 Å². The maximum absolute atomic E-state index is 10.7. The average Bonchev–Trinajstić information content (AvgIpc) is 2.15. The fourth-order valence-electron chi connectivity index (χ4n) is 0.701. The standard InChI is InChI=1S/C12H22O3Si/c1-12(2,3)16(5,6)15-10-8-7-9-11(13)14-4/h8-9H,10H2,1-6H3. The summed E-state index contributed by atoms with van der Waals surface area (Å²) in [4.78, 5) is 10.7. The summed E-state index contributed by atoms with van der Waals surface area (Å²) in [5.41, 5.74) is 2.73. The second kappa shape index (κ2) is 6.04. The second-order valence-corrected chi connectivity index (χ2v) is 9.92. The van der Waals surface area contributed by atoms with E-state index in [0.29, 0.717) is 6.61 Å². The van der Waals surface area contributed by atoms with Crippen LogP contribution in [-0.2, 0) is 14.0 Å². The summed E-state index contributed by atoms with van der Waals surface area (Å²) in [5, 5.41) is 0.201. The SMILES string of the molecule is COC(=O)C=C=CCO[Si](C)(C)C(C)(C)C.